The first-order chi connectivity index (χ1) is 12.7. The average molecular weight is 416 g/mol. The predicted molar refractivity (Wildman–Crippen MR) is 105 cm³/mol. The third-order valence-corrected chi connectivity index (χ3v) is 6.52. The van der Waals surface area contributed by atoms with Gasteiger partial charge in [0.05, 0.1) is 11.5 Å². The molecule has 150 valence electrons. The van der Waals surface area contributed by atoms with Crippen molar-refractivity contribution < 1.29 is 22.7 Å². The Kier molecular flexibility index (Phi) is 7.37. The van der Waals surface area contributed by atoms with Gasteiger partial charge < -0.3 is 15.0 Å². The summed E-state index contributed by atoms with van der Waals surface area (Å²) in [6.45, 7) is 7.99. The van der Waals surface area contributed by atoms with Gasteiger partial charge in [0.2, 0.25) is 0 Å². The molecule has 0 aliphatic carbocycles. The Balaban J connectivity index is 1.95. The molecule has 1 aromatic rings. The van der Waals surface area contributed by atoms with Gasteiger partial charge in [-0.1, -0.05) is 19.9 Å². The Morgan fingerprint density at radius 3 is 2.85 bits per heavy atom. The molecule has 10 heteroatoms. The lowest BCUT2D eigenvalue weighted by molar-refractivity contribution is -0.137. The van der Waals surface area contributed by atoms with Crippen LogP contribution in [0.3, 0.4) is 0 Å². The molecule has 1 aliphatic heterocycles. The maximum Gasteiger partial charge on any atom is 0.358 e. The lowest BCUT2D eigenvalue weighted by atomic mass is 10.1. The molecule has 1 fully saturated rings. The normalized spacial score (nSPS) is 18.3. The van der Waals surface area contributed by atoms with Crippen molar-refractivity contribution in [2.75, 3.05) is 36.5 Å². The van der Waals surface area contributed by atoms with Crippen molar-refractivity contribution in [3.05, 3.63) is 23.7 Å². The highest BCUT2D eigenvalue weighted by molar-refractivity contribution is 7.91. The minimum absolute atomic E-state index is 0.0379. The van der Waals surface area contributed by atoms with Crippen LogP contribution in [-0.2, 0) is 19.4 Å². The van der Waals surface area contributed by atoms with Gasteiger partial charge >= 0.3 is 5.97 Å². The number of amides is 1. The summed E-state index contributed by atoms with van der Waals surface area (Å²) >= 11 is 1.25. The van der Waals surface area contributed by atoms with Crippen LogP contribution in [0.2, 0.25) is 0 Å². The number of rotatable bonds is 9. The number of carbonyl (C=O) groups excluding carboxylic acids is 2. The number of thiazole rings is 1. The number of anilines is 1. The third kappa shape index (κ3) is 6.31. The molecule has 1 atom stereocenters. The minimum atomic E-state index is -3.11. The van der Waals surface area contributed by atoms with Crippen LogP contribution < -0.4 is 5.32 Å². The summed E-state index contributed by atoms with van der Waals surface area (Å²) in [5.74, 6) is -0.859. The third-order valence-electron chi connectivity index (χ3n) is 3.97. The summed E-state index contributed by atoms with van der Waals surface area (Å²) in [5.41, 5.74) is 0.123. The molecular weight excluding hydrogens is 390 g/mol. The second kappa shape index (κ2) is 9.32. The Labute approximate surface area is 163 Å². The largest absolute Gasteiger partial charge is 0.451 e. The highest BCUT2D eigenvalue weighted by Gasteiger charge is 2.35. The smallest absolute Gasteiger partial charge is 0.358 e. The SMILES string of the molecule is C=CCNc1nc(C(=O)OCC(=O)N(CC(C)C)[C@H]2CCS(=O)(=O)C2)cs1. The first kappa shape index (κ1) is 21.4. The topological polar surface area (TPSA) is 106 Å². The zero-order valence-corrected chi connectivity index (χ0v) is 17.1. The van der Waals surface area contributed by atoms with Crippen molar-refractivity contribution in [3.8, 4) is 0 Å². The van der Waals surface area contributed by atoms with Gasteiger partial charge in [0, 0.05) is 24.5 Å². The maximum absolute atomic E-state index is 12.6. The minimum Gasteiger partial charge on any atom is -0.451 e. The number of sulfone groups is 1. The van der Waals surface area contributed by atoms with Gasteiger partial charge in [0.25, 0.3) is 5.91 Å². The Bertz CT molecular complexity index is 788. The fourth-order valence-corrected chi connectivity index (χ4v) is 5.18. The van der Waals surface area contributed by atoms with E-state index in [2.05, 4.69) is 16.9 Å². The van der Waals surface area contributed by atoms with E-state index in [1.54, 1.807) is 11.5 Å². The van der Waals surface area contributed by atoms with Gasteiger partial charge in [0.15, 0.2) is 27.3 Å². The van der Waals surface area contributed by atoms with Gasteiger partial charge in [0.1, 0.15) is 0 Å². The summed E-state index contributed by atoms with van der Waals surface area (Å²) in [4.78, 5) is 30.3. The van der Waals surface area contributed by atoms with Gasteiger partial charge in [-0.3, -0.25) is 4.79 Å². The van der Waals surface area contributed by atoms with E-state index < -0.39 is 22.4 Å². The van der Waals surface area contributed by atoms with E-state index in [4.69, 9.17) is 4.74 Å². The first-order valence-corrected chi connectivity index (χ1v) is 11.4. The zero-order valence-electron chi connectivity index (χ0n) is 15.5. The summed E-state index contributed by atoms with van der Waals surface area (Å²) in [6.07, 6.45) is 2.09. The monoisotopic (exact) mass is 415 g/mol. The Hall–Kier alpha value is -1.94. The number of hydrogen-bond donors (Lipinski definition) is 1. The standard InChI is InChI=1S/C17H25N3O5S2/c1-4-6-18-17-19-14(10-26-17)16(22)25-9-15(21)20(8-12(2)3)13-5-7-27(23,24)11-13/h4,10,12-13H,1,5-9,11H2,2-3H3,(H,18,19)/t13-/m0/s1. The molecule has 1 saturated heterocycles. The van der Waals surface area contributed by atoms with Crippen molar-refractivity contribution >= 4 is 38.2 Å². The van der Waals surface area contributed by atoms with E-state index in [0.29, 0.717) is 24.6 Å². The second-order valence-electron chi connectivity index (χ2n) is 6.78. The molecule has 8 nitrogen and oxygen atoms in total. The van der Waals surface area contributed by atoms with Crippen molar-refractivity contribution in [1.29, 1.82) is 0 Å². The van der Waals surface area contributed by atoms with E-state index in [1.165, 1.54) is 16.2 Å². The second-order valence-corrected chi connectivity index (χ2v) is 9.87. The summed E-state index contributed by atoms with van der Waals surface area (Å²) in [5, 5.41) is 5.08. The molecule has 1 aromatic heterocycles. The van der Waals surface area contributed by atoms with Crippen LogP contribution in [0.15, 0.2) is 18.0 Å². The molecule has 1 N–H and O–H groups in total. The van der Waals surface area contributed by atoms with Crippen LogP contribution in [-0.4, -0.2) is 67.4 Å². The van der Waals surface area contributed by atoms with Crippen LogP contribution >= 0.6 is 11.3 Å². The highest BCUT2D eigenvalue weighted by Crippen LogP contribution is 2.20. The van der Waals surface area contributed by atoms with Gasteiger partial charge in [-0.05, 0) is 12.3 Å². The van der Waals surface area contributed by atoms with Gasteiger partial charge in [-0.15, -0.1) is 17.9 Å². The van der Waals surface area contributed by atoms with E-state index in [0.717, 1.165) is 0 Å². The van der Waals surface area contributed by atoms with Crippen molar-refractivity contribution in [1.82, 2.24) is 9.88 Å². The highest BCUT2D eigenvalue weighted by atomic mass is 32.2. The number of ether oxygens (including phenoxy) is 1. The van der Waals surface area contributed by atoms with E-state index in [-0.39, 0.29) is 35.1 Å². The van der Waals surface area contributed by atoms with Gasteiger partial charge in [-0.25, -0.2) is 18.2 Å². The van der Waals surface area contributed by atoms with E-state index in [1.807, 2.05) is 13.8 Å². The fourth-order valence-electron chi connectivity index (χ4n) is 2.76. The number of nitrogens with one attached hydrogen (secondary N) is 1. The van der Waals surface area contributed by atoms with Crippen molar-refractivity contribution in [2.45, 2.75) is 26.3 Å². The number of aromatic nitrogens is 1. The van der Waals surface area contributed by atoms with E-state index >= 15 is 0 Å². The molecule has 2 rings (SSSR count). The quantitative estimate of drug-likeness (QED) is 0.482. The molecule has 0 radical (unpaired) electrons. The van der Waals surface area contributed by atoms with Crippen LogP contribution in [0.25, 0.3) is 0 Å². The zero-order chi connectivity index (χ0) is 20.0. The van der Waals surface area contributed by atoms with Crippen molar-refractivity contribution in [3.63, 3.8) is 0 Å². The number of carbonyl (C=O) groups is 2. The Morgan fingerprint density at radius 1 is 1.52 bits per heavy atom. The van der Waals surface area contributed by atoms with Crippen LogP contribution in [0.5, 0.6) is 0 Å². The lowest BCUT2D eigenvalue weighted by Crippen LogP contribution is -2.45. The molecule has 0 saturated carbocycles. The average Bonchev–Trinajstić information content (AvgIpc) is 3.21. The molecule has 0 unspecified atom stereocenters. The fraction of sp³-hybridized carbons (Fsp3) is 0.588. The molecule has 0 spiro atoms. The van der Waals surface area contributed by atoms with E-state index in [9.17, 15) is 18.0 Å². The molecule has 0 bridgehead atoms. The number of hydrogen-bond acceptors (Lipinski definition) is 8. The molecule has 1 amide bonds. The maximum atomic E-state index is 12.6. The number of nitrogens with zero attached hydrogens (tertiary/aromatic N) is 2. The molecule has 2 heterocycles. The molecule has 1 aliphatic rings. The lowest BCUT2D eigenvalue weighted by Gasteiger charge is -2.29. The summed E-state index contributed by atoms with van der Waals surface area (Å²) in [7, 11) is -3.11. The molecule has 27 heavy (non-hydrogen) atoms. The molecule has 0 aromatic carbocycles. The molecular formula is C17H25N3O5S2. The van der Waals surface area contributed by atoms with Crippen molar-refractivity contribution in [2.24, 2.45) is 5.92 Å². The van der Waals surface area contributed by atoms with Crippen LogP contribution in [0, 0.1) is 5.92 Å². The predicted octanol–water partition coefficient (Wildman–Crippen LogP) is 1.57. The Morgan fingerprint density at radius 2 is 2.26 bits per heavy atom. The summed E-state index contributed by atoms with van der Waals surface area (Å²) < 4.78 is 28.6. The van der Waals surface area contributed by atoms with Crippen LogP contribution in [0.4, 0.5) is 5.13 Å². The van der Waals surface area contributed by atoms with Crippen LogP contribution in [0.1, 0.15) is 30.8 Å². The van der Waals surface area contributed by atoms with Gasteiger partial charge in [-0.2, -0.15) is 0 Å². The first-order valence-electron chi connectivity index (χ1n) is 8.69. The summed E-state index contributed by atoms with van der Waals surface area (Å²) in [6, 6.07) is -0.363. The number of esters is 1.